The molecule has 0 amide bonds. The second-order valence-electron chi connectivity index (χ2n) is 5.50. The summed E-state index contributed by atoms with van der Waals surface area (Å²) in [6, 6.07) is 11.4. The van der Waals surface area contributed by atoms with E-state index in [2.05, 4.69) is 21.7 Å². The van der Waals surface area contributed by atoms with E-state index in [1.807, 2.05) is 43.3 Å². The van der Waals surface area contributed by atoms with E-state index in [1.54, 1.807) is 11.8 Å². The first-order chi connectivity index (χ1) is 12.0. The van der Waals surface area contributed by atoms with Gasteiger partial charge in [-0.05, 0) is 43.2 Å². The van der Waals surface area contributed by atoms with Crippen LogP contribution >= 0.6 is 46.6 Å². The van der Waals surface area contributed by atoms with Gasteiger partial charge in [0.2, 0.25) is 0 Å². The Kier molecular flexibility index (Phi) is 5.95. The fourth-order valence-electron chi connectivity index (χ4n) is 2.43. The molecule has 0 saturated carbocycles. The van der Waals surface area contributed by atoms with Gasteiger partial charge < -0.3 is 4.57 Å². The molecule has 0 spiro atoms. The lowest BCUT2D eigenvalue weighted by molar-refractivity contribution is 0.687. The molecule has 0 atom stereocenters. The highest BCUT2D eigenvalue weighted by molar-refractivity contribution is 7.98. The van der Waals surface area contributed by atoms with E-state index in [4.69, 9.17) is 34.8 Å². The highest BCUT2D eigenvalue weighted by Crippen LogP contribution is 2.33. The van der Waals surface area contributed by atoms with Crippen LogP contribution in [0.2, 0.25) is 15.1 Å². The fourth-order valence-corrected chi connectivity index (χ4v) is 4.36. The first kappa shape index (κ1) is 18.6. The normalized spacial score (nSPS) is 11.1. The van der Waals surface area contributed by atoms with Gasteiger partial charge in [-0.25, -0.2) is 0 Å². The number of benzene rings is 2. The molecule has 0 aliphatic heterocycles. The third kappa shape index (κ3) is 3.98. The number of hydrogen-bond acceptors (Lipinski definition) is 3. The van der Waals surface area contributed by atoms with Crippen molar-refractivity contribution in [3.63, 3.8) is 0 Å². The second kappa shape index (κ2) is 8.00. The van der Waals surface area contributed by atoms with E-state index in [9.17, 15) is 0 Å². The van der Waals surface area contributed by atoms with Crippen molar-refractivity contribution in [2.75, 3.05) is 0 Å². The number of aromatic nitrogens is 3. The molecule has 0 aliphatic rings. The van der Waals surface area contributed by atoms with Crippen LogP contribution < -0.4 is 0 Å². The van der Waals surface area contributed by atoms with Crippen molar-refractivity contribution in [1.29, 1.82) is 0 Å². The Labute approximate surface area is 166 Å². The largest absolute Gasteiger partial charge is 0.302 e. The molecule has 1 aromatic heterocycles. The lowest BCUT2D eigenvalue weighted by Gasteiger charge is -2.09. The molecule has 0 N–H and O–H groups in total. The number of rotatable bonds is 5. The molecule has 0 saturated heterocycles. The van der Waals surface area contributed by atoms with Gasteiger partial charge in [0.1, 0.15) is 0 Å². The maximum Gasteiger partial charge on any atom is 0.191 e. The Balaban J connectivity index is 1.88. The van der Waals surface area contributed by atoms with Crippen LogP contribution in [0, 0.1) is 6.92 Å². The predicted molar refractivity (Wildman–Crippen MR) is 107 cm³/mol. The molecule has 0 unspecified atom stereocenters. The van der Waals surface area contributed by atoms with Crippen LogP contribution in [0.3, 0.4) is 0 Å². The minimum absolute atomic E-state index is 0.630. The molecule has 0 radical (unpaired) electrons. The SMILES string of the molecule is CCn1c(SCc2c(Cl)cccc2Cl)nnc1-c1ccc(C)c(Cl)c1. The lowest BCUT2D eigenvalue weighted by Crippen LogP contribution is -2.00. The molecule has 3 nitrogen and oxygen atoms in total. The summed E-state index contributed by atoms with van der Waals surface area (Å²) in [5, 5.41) is 11.6. The van der Waals surface area contributed by atoms with Crippen LogP contribution in [-0.2, 0) is 12.3 Å². The average Bonchev–Trinajstić information content (AvgIpc) is 3.00. The number of halogens is 3. The maximum atomic E-state index is 6.25. The van der Waals surface area contributed by atoms with Gasteiger partial charge >= 0.3 is 0 Å². The molecule has 0 fully saturated rings. The van der Waals surface area contributed by atoms with Gasteiger partial charge in [-0.3, -0.25) is 0 Å². The van der Waals surface area contributed by atoms with Crippen molar-refractivity contribution < 1.29 is 0 Å². The van der Waals surface area contributed by atoms with E-state index in [1.165, 1.54) is 0 Å². The topological polar surface area (TPSA) is 30.7 Å². The Morgan fingerprint density at radius 3 is 2.36 bits per heavy atom. The first-order valence-electron chi connectivity index (χ1n) is 7.76. The number of thioether (sulfide) groups is 1. The Hall–Kier alpha value is -1.20. The van der Waals surface area contributed by atoms with Crippen LogP contribution in [0.5, 0.6) is 0 Å². The molecule has 7 heteroatoms. The summed E-state index contributed by atoms with van der Waals surface area (Å²) in [5.74, 6) is 1.43. The third-order valence-corrected chi connectivity index (χ3v) is 5.98. The maximum absolute atomic E-state index is 6.25. The van der Waals surface area contributed by atoms with Gasteiger partial charge in [0.25, 0.3) is 0 Å². The predicted octanol–water partition coefficient (Wildman–Crippen LogP) is 6.53. The van der Waals surface area contributed by atoms with Crippen molar-refractivity contribution in [3.8, 4) is 11.4 Å². The third-order valence-electron chi connectivity index (χ3n) is 3.87. The average molecular weight is 413 g/mol. The van der Waals surface area contributed by atoms with Crippen LogP contribution in [0.15, 0.2) is 41.6 Å². The summed E-state index contributed by atoms with van der Waals surface area (Å²) in [6.07, 6.45) is 0. The summed E-state index contributed by atoms with van der Waals surface area (Å²) in [4.78, 5) is 0. The molecule has 3 rings (SSSR count). The smallest absolute Gasteiger partial charge is 0.191 e. The zero-order valence-electron chi connectivity index (χ0n) is 13.8. The van der Waals surface area contributed by atoms with E-state index in [0.29, 0.717) is 15.8 Å². The van der Waals surface area contributed by atoms with Crippen molar-refractivity contribution in [2.45, 2.75) is 31.3 Å². The van der Waals surface area contributed by atoms with Crippen LogP contribution in [0.4, 0.5) is 0 Å². The monoisotopic (exact) mass is 411 g/mol. The van der Waals surface area contributed by atoms with Crippen molar-refractivity contribution in [2.24, 2.45) is 0 Å². The summed E-state index contributed by atoms with van der Waals surface area (Å²) in [7, 11) is 0. The molecule has 0 bridgehead atoms. The summed E-state index contributed by atoms with van der Waals surface area (Å²) < 4.78 is 2.07. The Bertz CT molecular complexity index is 888. The molecule has 25 heavy (non-hydrogen) atoms. The van der Waals surface area contributed by atoms with Crippen LogP contribution in [0.25, 0.3) is 11.4 Å². The van der Waals surface area contributed by atoms with Crippen molar-refractivity contribution in [1.82, 2.24) is 14.8 Å². The Morgan fingerprint density at radius 2 is 1.72 bits per heavy atom. The van der Waals surface area contributed by atoms with Crippen molar-refractivity contribution >= 4 is 46.6 Å². The highest BCUT2D eigenvalue weighted by atomic mass is 35.5. The molecule has 2 aromatic carbocycles. The molecule has 0 aliphatic carbocycles. The molecular weight excluding hydrogens is 397 g/mol. The van der Waals surface area contributed by atoms with Gasteiger partial charge in [0, 0.05) is 32.9 Å². The van der Waals surface area contributed by atoms with Crippen molar-refractivity contribution in [3.05, 3.63) is 62.6 Å². The van der Waals surface area contributed by atoms with Gasteiger partial charge in [-0.2, -0.15) is 0 Å². The minimum Gasteiger partial charge on any atom is -0.302 e. The van der Waals surface area contributed by atoms with E-state index >= 15 is 0 Å². The van der Waals surface area contributed by atoms with E-state index in [-0.39, 0.29) is 0 Å². The zero-order chi connectivity index (χ0) is 18.0. The zero-order valence-corrected chi connectivity index (χ0v) is 16.8. The van der Waals surface area contributed by atoms with Gasteiger partial charge in [-0.15, -0.1) is 10.2 Å². The van der Waals surface area contributed by atoms with Crippen LogP contribution in [-0.4, -0.2) is 14.8 Å². The van der Waals surface area contributed by atoms with Gasteiger partial charge in [-0.1, -0.05) is 64.8 Å². The van der Waals surface area contributed by atoms with Gasteiger partial charge in [0.05, 0.1) is 0 Å². The lowest BCUT2D eigenvalue weighted by atomic mass is 10.1. The first-order valence-corrected chi connectivity index (χ1v) is 9.88. The van der Waals surface area contributed by atoms with Crippen LogP contribution in [0.1, 0.15) is 18.1 Å². The molecular formula is C18H16Cl3N3S. The summed E-state index contributed by atoms with van der Waals surface area (Å²) in [5.41, 5.74) is 2.89. The van der Waals surface area contributed by atoms with Gasteiger partial charge in [0.15, 0.2) is 11.0 Å². The highest BCUT2D eigenvalue weighted by Gasteiger charge is 2.15. The fraction of sp³-hybridized carbons (Fsp3) is 0.222. The minimum atomic E-state index is 0.630. The molecule has 3 aromatic rings. The summed E-state index contributed by atoms with van der Waals surface area (Å²) >= 11 is 20.3. The standard InChI is InChI=1S/C18H16Cl3N3S/c1-3-24-17(12-8-7-11(2)16(21)9-12)22-23-18(24)25-10-13-14(19)5-4-6-15(13)20/h4-9H,3,10H2,1-2H3. The molecule has 1 heterocycles. The summed E-state index contributed by atoms with van der Waals surface area (Å²) in [6.45, 7) is 4.80. The molecule has 130 valence electrons. The number of aryl methyl sites for hydroxylation is 1. The quantitative estimate of drug-likeness (QED) is 0.446. The number of nitrogens with zero attached hydrogens (tertiary/aromatic N) is 3. The van der Waals surface area contributed by atoms with E-state index in [0.717, 1.165) is 39.2 Å². The Morgan fingerprint density at radius 1 is 1.00 bits per heavy atom. The number of hydrogen-bond donors (Lipinski definition) is 0. The second-order valence-corrected chi connectivity index (χ2v) is 7.67. The van der Waals surface area contributed by atoms with E-state index < -0.39 is 0 Å².